The molecular weight excluding hydrogens is 356 g/mol. The first-order chi connectivity index (χ1) is 12.1. The van der Waals surface area contributed by atoms with Crippen molar-refractivity contribution in [1.82, 2.24) is 10.9 Å². The number of amides is 2. The number of hydrogen-bond acceptors (Lipinski definition) is 3. The molecule has 0 spiro atoms. The summed E-state index contributed by atoms with van der Waals surface area (Å²) in [5.74, 6) is 0.454. The van der Waals surface area contributed by atoms with Crippen molar-refractivity contribution < 1.29 is 9.59 Å². The van der Waals surface area contributed by atoms with E-state index in [1.54, 1.807) is 23.9 Å². The van der Waals surface area contributed by atoms with Crippen molar-refractivity contribution in [2.24, 2.45) is 5.92 Å². The van der Waals surface area contributed by atoms with Crippen molar-refractivity contribution in [2.75, 3.05) is 0 Å². The molecule has 2 aromatic carbocycles. The molecule has 1 aliphatic carbocycles. The van der Waals surface area contributed by atoms with Gasteiger partial charge in [-0.1, -0.05) is 30.2 Å². The highest BCUT2D eigenvalue weighted by Crippen LogP contribution is 2.26. The van der Waals surface area contributed by atoms with E-state index >= 15 is 0 Å². The van der Waals surface area contributed by atoms with Crippen LogP contribution in [-0.2, 0) is 10.5 Å². The van der Waals surface area contributed by atoms with Crippen LogP contribution in [0.3, 0.4) is 0 Å². The summed E-state index contributed by atoms with van der Waals surface area (Å²) < 4.78 is 0. The van der Waals surface area contributed by atoms with Gasteiger partial charge in [0.05, 0.1) is 0 Å². The summed E-state index contributed by atoms with van der Waals surface area (Å²) in [6, 6.07) is 15.1. The monoisotopic (exact) mass is 374 g/mol. The van der Waals surface area contributed by atoms with Gasteiger partial charge in [0.1, 0.15) is 0 Å². The van der Waals surface area contributed by atoms with E-state index in [2.05, 4.69) is 10.9 Å². The Labute approximate surface area is 156 Å². The van der Waals surface area contributed by atoms with Crippen molar-refractivity contribution >= 4 is 35.2 Å². The molecular formula is C19H19ClN2O2S. The van der Waals surface area contributed by atoms with Crippen LogP contribution in [0.25, 0.3) is 0 Å². The quantitative estimate of drug-likeness (QED) is 0.609. The SMILES string of the molecule is O=C(NNC(=O)C1CCC1)c1ccc(CSc2ccc(Cl)cc2)cc1. The molecule has 0 radical (unpaired) electrons. The average molecular weight is 375 g/mol. The third-order valence-electron chi connectivity index (χ3n) is 4.21. The number of carbonyl (C=O) groups excluding carboxylic acids is 2. The lowest BCUT2D eigenvalue weighted by Crippen LogP contribution is -2.46. The number of hydrogen-bond donors (Lipinski definition) is 2. The van der Waals surface area contributed by atoms with Gasteiger partial charge in [0.15, 0.2) is 0 Å². The second kappa shape index (κ2) is 8.41. The molecule has 130 valence electrons. The Balaban J connectivity index is 1.48. The lowest BCUT2D eigenvalue weighted by atomic mass is 9.85. The van der Waals surface area contributed by atoms with Crippen molar-refractivity contribution in [3.63, 3.8) is 0 Å². The number of nitrogens with one attached hydrogen (secondary N) is 2. The van der Waals surface area contributed by atoms with E-state index in [1.807, 2.05) is 36.4 Å². The molecule has 1 saturated carbocycles. The van der Waals surface area contributed by atoms with Gasteiger partial charge in [0.25, 0.3) is 5.91 Å². The third-order valence-corrected chi connectivity index (χ3v) is 5.55. The van der Waals surface area contributed by atoms with E-state index in [9.17, 15) is 9.59 Å². The first kappa shape index (κ1) is 17.8. The van der Waals surface area contributed by atoms with Crippen LogP contribution < -0.4 is 10.9 Å². The van der Waals surface area contributed by atoms with Crippen molar-refractivity contribution in [3.05, 3.63) is 64.7 Å². The van der Waals surface area contributed by atoms with Crippen LogP contribution in [0, 0.1) is 5.92 Å². The van der Waals surface area contributed by atoms with Crippen LogP contribution in [0.2, 0.25) is 5.02 Å². The molecule has 2 amide bonds. The van der Waals surface area contributed by atoms with Crippen LogP contribution in [-0.4, -0.2) is 11.8 Å². The number of rotatable bonds is 5. The fourth-order valence-corrected chi connectivity index (χ4v) is 3.39. The fourth-order valence-electron chi connectivity index (χ4n) is 2.41. The van der Waals surface area contributed by atoms with Crippen LogP contribution in [0.15, 0.2) is 53.4 Å². The Kier molecular flexibility index (Phi) is 6.00. The molecule has 25 heavy (non-hydrogen) atoms. The minimum atomic E-state index is -0.301. The van der Waals surface area contributed by atoms with Crippen molar-refractivity contribution in [3.8, 4) is 0 Å². The van der Waals surface area contributed by atoms with Gasteiger partial charge in [0.2, 0.25) is 5.91 Å². The normalized spacial score (nSPS) is 13.8. The largest absolute Gasteiger partial charge is 0.273 e. The molecule has 3 rings (SSSR count). The zero-order valence-electron chi connectivity index (χ0n) is 13.6. The Hall–Kier alpha value is -1.98. The van der Waals surface area contributed by atoms with Gasteiger partial charge in [-0.3, -0.25) is 20.4 Å². The summed E-state index contributed by atoms with van der Waals surface area (Å²) >= 11 is 7.58. The van der Waals surface area contributed by atoms with Gasteiger partial charge >= 0.3 is 0 Å². The Morgan fingerprint density at radius 1 is 1.00 bits per heavy atom. The topological polar surface area (TPSA) is 58.2 Å². The molecule has 0 unspecified atom stereocenters. The van der Waals surface area contributed by atoms with E-state index < -0.39 is 0 Å². The lowest BCUT2D eigenvalue weighted by molar-refractivity contribution is -0.128. The first-order valence-corrected chi connectivity index (χ1v) is 9.56. The number of thioether (sulfide) groups is 1. The van der Waals surface area contributed by atoms with E-state index in [0.29, 0.717) is 5.56 Å². The Morgan fingerprint density at radius 3 is 2.28 bits per heavy atom. The molecule has 0 aromatic heterocycles. The van der Waals surface area contributed by atoms with E-state index in [0.717, 1.165) is 40.5 Å². The van der Waals surface area contributed by atoms with Crippen LogP contribution in [0.5, 0.6) is 0 Å². The van der Waals surface area contributed by atoms with Gasteiger partial charge in [-0.15, -0.1) is 11.8 Å². The summed E-state index contributed by atoms with van der Waals surface area (Å²) in [4.78, 5) is 24.9. The summed E-state index contributed by atoms with van der Waals surface area (Å²) in [5, 5.41) is 0.726. The Morgan fingerprint density at radius 2 is 1.68 bits per heavy atom. The van der Waals surface area contributed by atoms with Gasteiger partial charge in [-0.05, 0) is 54.8 Å². The minimum Gasteiger partial charge on any atom is -0.273 e. The molecule has 2 aromatic rings. The number of benzene rings is 2. The fraction of sp³-hybridized carbons (Fsp3) is 0.263. The van der Waals surface area contributed by atoms with Gasteiger partial charge in [-0.2, -0.15) is 0 Å². The van der Waals surface area contributed by atoms with E-state index in [4.69, 9.17) is 11.6 Å². The smallest absolute Gasteiger partial charge is 0.269 e. The van der Waals surface area contributed by atoms with Crippen molar-refractivity contribution in [2.45, 2.75) is 29.9 Å². The van der Waals surface area contributed by atoms with Crippen LogP contribution >= 0.6 is 23.4 Å². The summed E-state index contributed by atoms with van der Waals surface area (Å²) in [7, 11) is 0. The lowest BCUT2D eigenvalue weighted by Gasteiger charge is -2.23. The van der Waals surface area contributed by atoms with E-state index in [-0.39, 0.29) is 17.7 Å². The minimum absolute atomic E-state index is 0.0487. The molecule has 0 saturated heterocycles. The molecule has 1 fully saturated rings. The van der Waals surface area contributed by atoms with Crippen LogP contribution in [0.4, 0.5) is 0 Å². The molecule has 0 atom stereocenters. The number of hydrazine groups is 1. The summed E-state index contributed by atoms with van der Waals surface area (Å²) in [6.45, 7) is 0. The highest BCUT2D eigenvalue weighted by molar-refractivity contribution is 7.98. The summed E-state index contributed by atoms with van der Waals surface area (Å²) in [6.07, 6.45) is 2.89. The predicted molar refractivity (Wildman–Crippen MR) is 100 cm³/mol. The molecule has 1 aliphatic rings. The zero-order valence-corrected chi connectivity index (χ0v) is 15.2. The molecule has 4 nitrogen and oxygen atoms in total. The second-order valence-electron chi connectivity index (χ2n) is 6.01. The van der Waals surface area contributed by atoms with Crippen LogP contribution in [0.1, 0.15) is 35.2 Å². The molecule has 0 heterocycles. The first-order valence-electron chi connectivity index (χ1n) is 8.19. The van der Waals surface area contributed by atoms with Crippen molar-refractivity contribution in [1.29, 1.82) is 0 Å². The number of carbonyl (C=O) groups is 2. The highest BCUT2D eigenvalue weighted by atomic mass is 35.5. The van der Waals surface area contributed by atoms with E-state index in [1.165, 1.54) is 0 Å². The molecule has 0 aliphatic heterocycles. The maximum absolute atomic E-state index is 12.1. The predicted octanol–water partition coefficient (Wildman–Crippen LogP) is 4.19. The molecule has 0 bridgehead atoms. The average Bonchev–Trinajstić information content (AvgIpc) is 2.58. The zero-order chi connectivity index (χ0) is 17.6. The maximum Gasteiger partial charge on any atom is 0.269 e. The third kappa shape index (κ3) is 5.00. The maximum atomic E-state index is 12.1. The summed E-state index contributed by atoms with van der Waals surface area (Å²) in [5.41, 5.74) is 6.61. The van der Waals surface area contributed by atoms with Gasteiger partial charge in [0, 0.05) is 27.2 Å². The molecule has 6 heteroatoms. The number of halogens is 1. The standard InChI is InChI=1S/C19H19ClN2O2S/c20-16-8-10-17(11-9-16)25-12-13-4-6-15(7-5-13)19(24)22-21-18(23)14-2-1-3-14/h4-11,14H,1-3,12H2,(H,21,23)(H,22,24). The highest BCUT2D eigenvalue weighted by Gasteiger charge is 2.25. The second-order valence-corrected chi connectivity index (χ2v) is 7.50. The molecule has 2 N–H and O–H groups in total. The Bertz CT molecular complexity index is 743. The van der Waals surface area contributed by atoms with Gasteiger partial charge in [-0.25, -0.2) is 0 Å². The van der Waals surface area contributed by atoms with Gasteiger partial charge < -0.3 is 0 Å².